The van der Waals surface area contributed by atoms with Gasteiger partial charge in [-0.25, -0.2) is 0 Å². The van der Waals surface area contributed by atoms with Gasteiger partial charge in [-0.05, 0) is 19.4 Å². The molecule has 0 saturated carbocycles. The normalized spacial score (nSPS) is 26.9. The van der Waals surface area contributed by atoms with E-state index in [1.807, 2.05) is 11.8 Å². The Hall–Kier alpha value is -0.550. The number of fused-ring (bicyclic) bond motifs is 2. The van der Waals surface area contributed by atoms with Crippen LogP contribution in [0.4, 0.5) is 0 Å². The number of hydrogen-bond acceptors (Lipinski definition) is 4. The predicted octanol–water partition coefficient (Wildman–Crippen LogP) is 3.18. The molecule has 3 rings (SSSR count). The maximum absolute atomic E-state index is 5.97. The van der Waals surface area contributed by atoms with Crippen LogP contribution in [0.5, 0.6) is 0 Å². The Morgan fingerprint density at radius 2 is 2.05 bits per heavy atom. The molecule has 1 fully saturated rings. The first-order chi connectivity index (χ1) is 9.25. The van der Waals surface area contributed by atoms with E-state index in [0.717, 1.165) is 12.8 Å². The van der Waals surface area contributed by atoms with Crippen LogP contribution in [-0.2, 0) is 20.0 Å². The summed E-state index contributed by atoms with van der Waals surface area (Å²) in [7, 11) is 1.78. The fourth-order valence-electron chi connectivity index (χ4n) is 2.81. The summed E-state index contributed by atoms with van der Waals surface area (Å²) in [6.07, 6.45) is 2.17. The molecular formula is C15H20O3S. The van der Waals surface area contributed by atoms with E-state index in [-0.39, 0.29) is 6.10 Å². The Bertz CT molecular complexity index is 443. The molecule has 0 aromatic heterocycles. The van der Waals surface area contributed by atoms with E-state index < -0.39 is 5.79 Å². The zero-order chi connectivity index (χ0) is 13.3. The largest absolute Gasteiger partial charge is 0.381 e. The Morgan fingerprint density at radius 3 is 2.79 bits per heavy atom. The van der Waals surface area contributed by atoms with Gasteiger partial charge in [-0.2, -0.15) is 0 Å². The van der Waals surface area contributed by atoms with Crippen LogP contribution in [0.1, 0.15) is 25.3 Å². The number of ether oxygens (including phenoxy) is 3. The molecule has 1 spiro atoms. The summed E-state index contributed by atoms with van der Waals surface area (Å²) < 4.78 is 17.5. The Labute approximate surface area is 118 Å². The first-order valence-electron chi connectivity index (χ1n) is 6.82. The van der Waals surface area contributed by atoms with Gasteiger partial charge < -0.3 is 14.2 Å². The lowest BCUT2D eigenvalue weighted by Gasteiger charge is -2.27. The van der Waals surface area contributed by atoms with Crippen LogP contribution >= 0.6 is 11.8 Å². The monoisotopic (exact) mass is 280 g/mol. The molecule has 0 amide bonds. The van der Waals surface area contributed by atoms with Crippen molar-refractivity contribution in [2.75, 3.05) is 20.3 Å². The first kappa shape index (κ1) is 13.4. The minimum absolute atomic E-state index is 0.231. The first-order valence-corrected chi connectivity index (χ1v) is 7.70. The second-order valence-corrected chi connectivity index (χ2v) is 6.36. The summed E-state index contributed by atoms with van der Waals surface area (Å²) in [5, 5.41) is 0.443. The number of rotatable bonds is 2. The van der Waals surface area contributed by atoms with Crippen LogP contribution < -0.4 is 0 Å². The molecule has 0 radical (unpaired) electrons. The lowest BCUT2D eigenvalue weighted by Crippen LogP contribution is -2.28. The highest BCUT2D eigenvalue weighted by Gasteiger charge is 2.43. The van der Waals surface area contributed by atoms with E-state index >= 15 is 0 Å². The molecule has 19 heavy (non-hydrogen) atoms. The Morgan fingerprint density at radius 1 is 1.32 bits per heavy atom. The Kier molecular flexibility index (Phi) is 3.85. The van der Waals surface area contributed by atoms with Gasteiger partial charge in [-0.1, -0.05) is 18.2 Å². The molecule has 0 bridgehead atoms. The minimum Gasteiger partial charge on any atom is -0.381 e. The summed E-state index contributed by atoms with van der Waals surface area (Å²) in [5.74, 6) is -0.522. The maximum atomic E-state index is 5.97. The van der Waals surface area contributed by atoms with E-state index in [9.17, 15) is 0 Å². The van der Waals surface area contributed by atoms with Crippen molar-refractivity contribution in [2.24, 2.45) is 0 Å². The van der Waals surface area contributed by atoms with Crippen molar-refractivity contribution >= 4 is 11.8 Å². The van der Waals surface area contributed by atoms with Gasteiger partial charge in [0.1, 0.15) is 0 Å². The van der Waals surface area contributed by atoms with Crippen LogP contribution in [0.25, 0.3) is 0 Å². The van der Waals surface area contributed by atoms with Gasteiger partial charge in [0.05, 0.1) is 19.3 Å². The van der Waals surface area contributed by atoms with Crippen molar-refractivity contribution in [2.45, 2.75) is 41.8 Å². The number of methoxy groups -OCH3 is 1. The van der Waals surface area contributed by atoms with Crippen molar-refractivity contribution in [3.05, 3.63) is 29.8 Å². The van der Waals surface area contributed by atoms with Crippen LogP contribution in [-0.4, -0.2) is 31.7 Å². The molecule has 104 valence electrons. The third-order valence-corrected chi connectivity index (χ3v) is 5.51. The fraction of sp³-hybridized carbons (Fsp3) is 0.600. The van der Waals surface area contributed by atoms with Gasteiger partial charge in [0.25, 0.3) is 0 Å². The summed E-state index contributed by atoms with van der Waals surface area (Å²) in [4.78, 5) is 1.26. The van der Waals surface area contributed by atoms with Crippen LogP contribution in [0.15, 0.2) is 29.2 Å². The van der Waals surface area contributed by atoms with E-state index in [2.05, 4.69) is 31.2 Å². The standard InChI is InChI=1S/C15H20O3S/c1-11(16-2)13-7-8-15(17-9-10-18-15)12-5-3-4-6-14(12)19-13/h3-6,11,13H,7-10H2,1-2H3/t11?,13-/m1/s1. The van der Waals surface area contributed by atoms with E-state index in [4.69, 9.17) is 14.2 Å². The van der Waals surface area contributed by atoms with Crippen molar-refractivity contribution < 1.29 is 14.2 Å². The molecule has 2 aliphatic rings. The van der Waals surface area contributed by atoms with Crippen LogP contribution in [0.2, 0.25) is 0 Å². The average Bonchev–Trinajstić information content (AvgIpc) is 2.86. The molecule has 0 N–H and O–H groups in total. The number of thioether (sulfide) groups is 1. The topological polar surface area (TPSA) is 27.7 Å². The van der Waals surface area contributed by atoms with E-state index in [1.54, 1.807) is 7.11 Å². The fourth-order valence-corrected chi connectivity index (χ4v) is 4.18. The van der Waals surface area contributed by atoms with Crippen molar-refractivity contribution in [3.63, 3.8) is 0 Å². The summed E-state index contributed by atoms with van der Waals surface area (Å²) in [5.41, 5.74) is 1.18. The molecule has 4 heteroatoms. The third kappa shape index (κ3) is 2.42. The van der Waals surface area contributed by atoms with Crippen LogP contribution in [0, 0.1) is 0 Å². The molecular weight excluding hydrogens is 260 g/mol. The molecule has 2 atom stereocenters. The van der Waals surface area contributed by atoms with Gasteiger partial charge in [-0.15, -0.1) is 11.8 Å². The van der Waals surface area contributed by atoms with Gasteiger partial charge >= 0.3 is 0 Å². The van der Waals surface area contributed by atoms with Crippen molar-refractivity contribution in [1.82, 2.24) is 0 Å². The van der Waals surface area contributed by atoms with Crippen LogP contribution in [0.3, 0.4) is 0 Å². The zero-order valence-electron chi connectivity index (χ0n) is 11.4. The quantitative estimate of drug-likeness (QED) is 0.831. The molecule has 1 aromatic rings. The number of benzene rings is 1. The van der Waals surface area contributed by atoms with Crippen molar-refractivity contribution in [1.29, 1.82) is 0 Å². The minimum atomic E-state index is -0.522. The summed E-state index contributed by atoms with van der Waals surface area (Å²) in [6, 6.07) is 8.43. The summed E-state index contributed by atoms with van der Waals surface area (Å²) in [6.45, 7) is 3.50. The van der Waals surface area contributed by atoms with E-state index in [1.165, 1.54) is 10.5 Å². The highest BCUT2D eigenvalue weighted by atomic mass is 32.2. The highest BCUT2D eigenvalue weighted by molar-refractivity contribution is 8.00. The van der Waals surface area contributed by atoms with Gasteiger partial charge in [0, 0.05) is 29.2 Å². The maximum Gasteiger partial charge on any atom is 0.196 e. The predicted molar refractivity (Wildman–Crippen MR) is 75.4 cm³/mol. The average molecular weight is 280 g/mol. The Balaban J connectivity index is 1.96. The third-order valence-electron chi connectivity index (χ3n) is 3.98. The second-order valence-electron chi connectivity index (χ2n) is 5.08. The van der Waals surface area contributed by atoms with Gasteiger partial charge in [0.2, 0.25) is 0 Å². The molecule has 1 aromatic carbocycles. The second kappa shape index (κ2) is 5.44. The SMILES string of the molecule is COC(C)[C@H]1CCC2(OCCO2)c2ccccc2S1. The molecule has 2 heterocycles. The van der Waals surface area contributed by atoms with Gasteiger partial charge in [-0.3, -0.25) is 0 Å². The molecule has 1 saturated heterocycles. The highest BCUT2D eigenvalue weighted by Crippen LogP contribution is 2.47. The van der Waals surface area contributed by atoms with Crippen molar-refractivity contribution in [3.8, 4) is 0 Å². The number of hydrogen-bond donors (Lipinski definition) is 0. The smallest absolute Gasteiger partial charge is 0.196 e. The molecule has 2 aliphatic heterocycles. The molecule has 0 aliphatic carbocycles. The van der Waals surface area contributed by atoms with E-state index in [0.29, 0.717) is 18.5 Å². The lowest BCUT2D eigenvalue weighted by molar-refractivity contribution is -0.173. The lowest BCUT2D eigenvalue weighted by atomic mass is 9.98. The molecule has 1 unspecified atom stereocenters. The summed E-state index contributed by atoms with van der Waals surface area (Å²) >= 11 is 1.89. The molecule has 3 nitrogen and oxygen atoms in total. The zero-order valence-corrected chi connectivity index (χ0v) is 12.2. The van der Waals surface area contributed by atoms with Gasteiger partial charge in [0.15, 0.2) is 5.79 Å².